The maximum Gasteiger partial charge on any atom is 0.271 e. The van der Waals surface area contributed by atoms with Crippen molar-refractivity contribution in [2.75, 3.05) is 13.1 Å². The van der Waals surface area contributed by atoms with E-state index < -0.39 is 0 Å². The fourth-order valence-electron chi connectivity index (χ4n) is 3.30. The Bertz CT molecular complexity index is 938. The molecule has 0 aromatic carbocycles. The highest BCUT2D eigenvalue weighted by atomic mass is 32.1. The summed E-state index contributed by atoms with van der Waals surface area (Å²) in [5.74, 6) is 0.911. The van der Waals surface area contributed by atoms with E-state index in [4.69, 9.17) is 4.98 Å². The van der Waals surface area contributed by atoms with E-state index in [-0.39, 0.29) is 5.56 Å². The van der Waals surface area contributed by atoms with Crippen molar-refractivity contribution in [2.24, 2.45) is 0 Å². The van der Waals surface area contributed by atoms with Gasteiger partial charge in [0.2, 0.25) is 0 Å². The second kappa shape index (κ2) is 6.14. The number of aryl methyl sites for hydroxylation is 2. The van der Waals surface area contributed by atoms with Gasteiger partial charge in [0.15, 0.2) is 0 Å². The fourth-order valence-corrected chi connectivity index (χ4v) is 4.08. The number of hydrogen-bond acceptors (Lipinski definition) is 5. The molecule has 3 aromatic rings. The van der Waals surface area contributed by atoms with Gasteiger partial charge >= 0.3 is 0 Å². The Hall–Kier alpha value is -1.99. The van der Waals surface area contributed by atoms with E-state index in [0.29, 0.717) is 6.54 Å². The van der Waals surface area contributed by atoms with Crippen LogP contribution in [0.3, 0.4) is 0 Å². The van der Waals surface area contributed by atoms with Gasteiger partial charge in [0.25, 0.3) is 5.56 Å². The molecule has 4 rings (SSSR count). The Morgan fingerprint density at radius 2 is 2.17 bits per heavy atom. The zero-order valence-corrected chi connectivity index (χ0v) is 14.8. The Labute approximate surface area is 144 Å². The molecule has 0 bridgehead atoms. The third-order valence-corrected chi connectivity index (χ3v) is 5.59. The van der Waals surface area contributed by atoms with Crippen molar-refractivity contribution in [1.29, 1.82) is 0 Å². The van der Waals surface area contributed by atoms with Crippen LogP contribution in [0.5, 0.6) is 0 Å². The van der Waals surface area contributed by atoms with Gasteiger partial charge in [-0.3, -0.25) is 18.9 Å². The van der Waals surface area contributed by atoms with Crippen molar-refractivity contribution in [3.8, 4) is 0 Å². The molecule has 0 N–H and O–H groups in total. The molecule has 0 atom stereocenters. The maximum atomic E-state index is 12.6. The summed E-state index contributed by atoms with van der Waals surface area (Å²) in [6, 6.07) is 1.94. The minimum atomic E-state index is 0.113. The normalized spacial score (nSPS) is 15.6. The maximum absolute atomic E-state index is 12.6. The molecule has 6 nitrogen and oxygen atoms in total. The van der Waals surface area contributed by atoms with Crippen molar-refractivity contribution < 1.29 is 0 Å². The third-order valence-electron chi connectivity index (χ3n) is 4.70. The third kappa shape index (κ3) is 2.67. The van der Waals surface area contributed by atoms with Crippen molar-refractivity contribution in [3.05, 3.63) is 45.1 Å². The lowest BCUT2D eigenvalue weighted by Gasteiger charge is -2.18. The van der Waals surface area contributed by atoms with Crippen molar-refractivity contribution in [1.82, 2.24) is 24.2 Å². The highest BCUT2D eigenvalue weighted by Crippen LogP contribution is 2.17. The molecule has 0 spiro atoms. The number of thiophene rings is 1. The molecule has 3 aromatic heterocycles. The minimum absolute atomic E-state index is 0.113. The first-order valence-corrected chi connectivity index (χ1v) is 9.26. The topological polar surface area (TPSA) is 56.0 Å². The molecular formula is C17H21N5OS. The van der Waals surface area contributed by atoms with Crippen LogP contribution in [0.25, 0.3) is 10.2 Å². The van der Waals surface area contributed by atoms with E-state index in [1.807, 2.05) is 20.7 Å². The summed E-state index contributed by atoms with van der Waals surface area (Å²) in [6.07, 6.45) is 2.94. The van der Waals surface area contributed by atoms with Crippen LogP contribution in [-0.4, -0.2) is 37.3 Å². The molecule has 1 aliphatic heterocycles. The molecular weight excluding hydrogens is 322 g/mol. The minimum Gasteiger partial charge on any atom is -0.297 e. The number of rotatable bonds is 3. The van der Waals surface area contributed by atoms with Crippen LogP contribution in [0, 0.1) is 6.92 Å². The van der Waals surface area contributed by atoms with Gasteiger partial charge in [-0.1, -0.05) is 0 Å². The molecule has 0 aliphatic carbocycles. The van der Waals surface area contributed by atoms with Gasteiger partial charge in [-0.25, -0.2) is 4.98 Å². The van der Waals surface area contributed by atoms with Crippen LogP contribution in [0.1, 0.15) is 24.0 Å². The second-order valence-electron chi connectivity index (χ2n) is 6.24. The van der Waals surface area contributed by atoms with E-state index in [0.717, 1.165) is 54.3 Å². The standard InChI is InChI=1S/C17H21N5OS/c1-3-21-11-13(12(2)19-21)10-20-6-4-15-18-14-5-9-24-16(14)17(23)22(15)8-7-20/h5,9,11H,3-4,6-8,10H2,1-2H3. The number of nitrogens with zero attached hydrogens (tertiary/aromatic N) is 5. The highest BCUT2D eigenvalue weighted by Gasteiger charge is 2.19. The first kappa shape index (κ1) is 15.5. The predicted molar refractivity (Wildman–Crippen MR) is 95.5 cm³/mol. The molecule has 24 heavy (non-hydrogen) atoms. The van der Waals surface area contributed by atoms with Gasteiger partial charge < -0.3 is 0 Å². The van der Waals surface area contributed by atoms with Gasteiger partial charge in [0.05, 0.1) is 11.2 Å². The molecule has 0 fully saturated rings. The summed E-state index contributed by atoms with van der Waals surface area (Å²) in [5, 5.41) is 6.47. The van der Waals surface area contributed by atoms with Crippen LogP contribution < -0.4 is 5.56 Å². The lowest BCUT2D eigenvalue weighted by molar-refractivity contribution is 0.270. The van der Waals surface area contributed by atoms with Crippen molar-refractivity contribution >= 4 is 21.6 Å². The second-order valence-corrected chi connectivity index (χ2v) is 7.16. The Balaban J connectivity index is 1.57. The molecule has 4 heterocycles. The summed E-state index contributed by atoms with van der Waals surface area (Å²) in [4.78, 5) is 19.7. The van der Waals surface area contributed by atoms with Crippen molar-refractivity contribution in [3.63, 3.8) is 0 Å². The molecule has 0 amide bonds. The average molecular weight is 343 g/mol. The largest absolute Gasteiger partial charge is 0.297 e. The Morgan fingerprint density at radius 3 is 2.96 bits per heavy atom. The molecule has 0 saturated carbocycles. The molecule has 0 radical (unpaired) electrons. The molecule has 126 valence electrons. The van der Waals surface area contributed by atoms with Crippen LogP contribution >= 0.6 is 11.3 Å². The summed E-state index contributed by atoms with van der Waals surface area (Å²) < 4.78 is 4.62. The molecule has 0 unspecified atom stereocenters. The van der Waals surface area contributed by atoms with Crippen LogP contribution in [0.15, 0.2) is 22.4 Å². The lowest BCUT2D eigenvalue weighted by atomic mass is 10.2. The van der Waals surface area contributed by atoms with Gasteiger partial charge in [0.1, 0.15) is 10.5 Å². The molecule has 1 aliphatic rings. The zero-order valence-electron chi connectivity index (χ0n) is 14.0. The predicted octanol–water partition coefficient (Wildman–Crippen LogP) is 2.04. The van der Waals surface area contributed by atoms with E-state index in [1.165, 1.54) is 16.9 Å². The monoisotopic (exact) mass is 343 g/mol. The van der Waals surface area contributed by atoms with Crippen LogP contribution in [-0.2, 0) is 26.1 Å². The van der Waals surface area contributed by atoms with E-state index in [1.54, 1.807) is 0 Å². The fraction of sp³-hybridized carbons (Fsp3) is 0.471. The number of aromatic nitrogens is 4. The summed E-state index contributed by atoms with van der Waals surface area (Å²) in [7, 11) is 0. The molecule has 7 heteroatoms. The van der Waals surface area contributed by atoms with Gasteiger partial charge in [-0.15, -0.1) is 11.3 Å². The van der Waals surface area contributed by atoms with Crippen molar-refractivity contribution in [2.45, 2.75) is 39.9 Å². The lowest BCUT2D eigenvalue weighted by Crippen LogP contribution is -2.28. The van der Waals surface area contributed by atoms with Gasteiger partial charge in [-0.05, 0) is 25.3 Å². The summed E-state index contributed by atoms with van der Waals surface area (Å²) in [6.45, 7) is 8.42. The Kier molecular flexibility index (Phi) is 3.97. The molecule has 0 saturated heterocycles. The summed E-state index contributed by atoms with van der Waals surface area (Å²) >= 11 is 1.48. The quantitative estimate of drug-likeness (QED) is 0.730. The smallest absolute Gasteiger partial charge is 0.271 e. The van der Waals surface area contributed by atoms with Gasteiger partial charge in [-0.2, -0.15) is 5.10 Å². The van der Waals surface area contributed by atoms with E-state index in [9.17, 15) is 4.79 Å². The Morgan fingerprint density at radius 1 is 1.29 bits per heavy atom. The average Bonchev–Trinajstić information content (AvgIpc) is 3.12. The number of hydrogen-bond donors (Lipinski definition) is 0. The van der Waals surface area contributed by atoms with Crippen LogP contribution in [0.2, 0.25) is 0 Å². The zero-order chi connectivity index (χ0) is 16.7. The number of fused-ring (bicyclic) bond motifs is 2. The van der Waals surface area contributed by atoms with Crippen LogP contribution in [0.4, 0.5) is 0 Å². The first-order valence-electron chi connectivity index (χ1n) is 8.38. The highest BCUT2D eigenvalue weighted by molar-refractivity contribution is 7.17. The summed E-state index contributed by atoms with van der Waals surface area (Å²) in [5.41, 5.74) is 3.31. The van der Waals surface area contributed by atoms with Gasteiger partial charge in [0, 0.05) is 50.9 Å². The van der Waals surface area contributed by atoms with E-state index in [2.05, 4.69) is 30.0 Å². The SMILES string of the molecule is CCn1cc(CN2CCc3nc4ccsc4c(=O)n3CC2)c(C)n1. The van der Waals surface area contributed by atoms with E-state index >= 15 is 0 Å². The first-order chi connectivity index (χ1) is 11.7.